The molecule has 28 heavy (non-hydrogen) atoms. The van der Waals surface area contributed by atoms with Crippen LogP contribution in [0.2, 0.25) is 0 Å². The lowest BCUT2D eigenvalue weighted by molar-refractivity contribution is -0.147. The lowest BCUT2D eigenvalue weighted by Crippen LogP contribution is -2.22. The fraction of sp³-hybridized carbons (Fsp3) is 0.318. The van der Waals surface area contributed by atoms with Crippen molar-refractivity contribution in [1.82, 2.24) is 0 Å². The molecule has 0 bridgehead atoms. The van der Waals surface area contributed by atoms with Crippen LogP contribution < -0.4 is 10.6 Å². The zero-order valence-corrected chi connectivity index (χ0v) is 16.7. The normalized spacial score (nSPS) is 10.3. The zero-order valence-electron chi connectivity index (χ0n) is 16.7. The summed E-state index contributed by atoms with van der Waals surface area (Å²) >= 11 is 0. The Kier molecular flexibility index (Phi) is 7.32. The summed E-state index contributed by atoms with van der Waals surface area (Å²) < 4.78 is 4.96. The average Bonchev–Trinajstić information content (AvgIpc) is 2.64. The van der Waals surface area contributed by atoms with Crippen LogP contribution in [0.25, 0.3) is 0 Å². The highest BCUT2D eigenvalue weighted by Crippen LogP contribution is 2.19. The van der Waals surface area contributed by atoms with Gasteiger partial charge in [-0.3, -0.25) is 14.4 Å². The number of anilines is 2. The molecule has 148 valence electrons. The first-order valence-electron chi connectivity index (χ1n) is 9.15. The Morgan fingerprint density at radius 3 is 2.14 bits per heavy atom. The molecule has 2 aromatic rings. The number of benzene rings is 2. The molecule has 0 saturated heterocycles. The fourth-order valence-electron chi connectivity index (χ4n) is 2.79. The second-order valence-electron chi connectivity index (χ2n) is 6.84. The van der Waals surface area contributed by atoms with Gasteiger partial charge in [-0.2, -0.15) is 0 Å². The van der Waals surface area contributed by atoms with Crippen LogP contribution in [0.1, 0.15) is 35.1 Å². The molecule has 0 aliphatic rings. The maximum absolute atomic E-state index is 12.1. The van der Waals surface area contributed by atoms with Crippen LogP contribution in [0.15, 0.2) is 36.4 Å². The molecule has 0 spiro atoms. The lowest BCUT2D eigenvalue weighted by Gasteiger charge is -2.11. The number of amides is 2. The first-order chi connectivity index (χ1) is 13.3. The number of aryl methyl sites for hydroxylation is 4. The molecule has 0 heterocycles. The van der Waals surface area contributed by atoms with Crippen molar-refractivity contribution in [2.45, 2.75) is 40.5 Å². The van der Waals surface area contributed by atoms with Crippen molar-refractivity contribution >= 4 is 29.2 Å². The number of hydrogen-bond acceptors (Lipinski definition) is 4. The number of carbonyl (C=O) groups is 3. The van der Waals surface area contributed by atoms with Crippen molar-refractivity contribution in [2.75, 3.05) is 17.2 Å². The molecule has 6 heteroatoms. The Hall–Kier alpha value is -3.15. The third kappa shape index (κ3) is 6.23. The van der Waals surface area contributed by atoms with Crippen LogP contribution in [0, 0.1) is 27.7 Å². The number of esters is 1. The number of ether oxygens (including phenoxy) is 1. The van der Waals surface area contributed by atoms with Crippen molar-refractivity contribution in [3.05, 3.63) is 58.7 Å². The van der Waals surface area contributed by atoms with Gasteiger partial charge in [-0.25, -0.2) is 0 Å². The van der Waals surface area contributed by atoms with Crippen LogP contribution in [0.3, 0.4) is 0 Å². The highest BCUT2D eigenvalue weighted by molar-refractivity contribution is 5.95. The van der Waals surface area contributed by atoms with Crippen molar-refractivity contribution in [3.8, 4) is 0 Å². The number of rotatable bonds is 7. The van der Waals surface area contributed by atoms with E-state index >= 15 is 0 Å². The third-order valence-electron chi connectivity index (χ3n) is 4.32. The minimum Gasteiger partial charge on any atom is -0.456 e. The highest BCUT2D eigenvalue weighted by atomic mass is 16.5. The second kappa shape index (κ2) is 9.69. The monoisotopic (exact) mass is 382 g/mol. The Labute approximate surface area is 165 Å². The van der Waals surface area contributed by atoms with Gasteiger partial charge in [0.2, 0.25) is 5.91 Å². The summed E-state index contributed by atoms with van der Waals surface area (Å²) in [5.74, 6) is -1.28. The van der Waals surface area contributed by atoms with Crippen LogP contribution >= 0.6 is 0 Å². The highest BCUT2D eigenvalue weighted by Gasteiger charge is 2.13. The molecule has 0 aromatic heterocycles. The zero-order chi connectivity index (χ0) is 20.7. The predicted octanol–water partition coefficient (Wildman–Crippen LogP) is 3.82. The molecule has 6 nitrogen and oxygen atoms in total. The van der Waals surface area contributed by atoms with Gasteiger partial charge in [-0.15, -0.1) is 0 Å². The summed E-state index contributed by atoms with van der Waals surface area (Å²) in [6.07, 6.45) is -0.0983. The third-order valence-corrected chi connectivity index (χ3v) is 4.32. The van der Waals surface area contributed by atoms with Gasteiger partial charge in [-0.05, 0) is 50.5 Å². The number of hydrogen-bond donors (Lipinski definition) is 2. The smallest absolute Gasteiger partial charge is 0.306 e. The molecule has 0 saturated carbocycles. The summed E-state index contributed by atoms with van der Waals surface area (Å²) in [4.78, 5) is 35.8. The topological polar surface area (TPSA) is 84.5 Å². The Bertz CT molecular complexity index is 870. The van der Waals surface area contributed by atoms with E-state index in [0.29, 0.717) is 5.69 Å². The van der Waals surface area contributed by atoms with Crippen molar-refractivity contribution < 1.29 is 19.1 Å². The molecule has 2 N–H and O–H groups in total. The van der Waals surface area contributed by atoms with Gasteiger partial charge in [0.1, 0.15) is 0 Å². The quantitative estimate of drug-likeness (QED) is 0.713. The molecule has 0 fully saturated rings. The van der Waals surface area contributed by atoms with Gasteiger partial charge in [-0.1, -0.05) is 35.9 Å². The first-order valence-corrected chi connectivity index (χ1v) is 9.15. The van der Waals surface area contributed by atoms with E-state index in [0.717, 1.165) is 27.9 Å². The summed E-state index contributed by atoms with van der Waals surface area (Å²) in [6, 6.07) is 11.4. The fourth-order valence-corrected chi connectivity index (χ4v) is 2.79. The molecule has 2 amide bonds. The van der Waals surface area contributed by atoms with Crippen LogP contribution in [-0.4, -0.2) is 24.4 Å². The minimum atomic E-state index is -0.590. The molecular weight excluding hydrogens is 356 g/mol. The molecule has 0 aliphatic heterocycles. The standard InChI is InChI=1S/C22H26N2O4/c1-14-8-9-18(17(4)12-14)23-20(26)13-28-21(27)11-10-19(25)24-22-15(2)6-5-7-16(22)3/h5-9,12H,10-11,13H2,1-4H3,(H,23,26)(H,24,25). The van der Waals surface area contributed by atoms with Crippen LogP contribution in [0.4, 0.5) is 11.4 Å². The van der Waals surface area contributed by atoms with E-state index in [1.54, 1.807) is 0 Å². The number of carbonyl (C=O) groups excluding carboxylic acids is 3. The van der Waals surface area contributed by atoms with Crippen molar-refractivity contribution in [3.63, 3.8) is 0 Å². The molecule has 0 radical (unpaired) electrons. The lowest BCUT2D eigenvalue weighted by atomic mass is 10.1. The maximum Gasteiger partial charge on any atom is 0.306 e. The van der Waals surface area contributed by atoms with Crippen molar-refractivity contribution in [1.29, 1.82) is 0 Å². The SMILES string of the molecule is Cc1ccc(NC(=O)COC(=O)CCC(=O)Nc2c(C)cccc2C)c(C)c1. The number of para-hydroxylation sites is 1. The van der Waals surface area contributed by atoms with E-state index in [-0.39, 0.29) is 25.4 Å². The summed E-state index contributed by atoms with van der Waals surface area (Å²) in [5, 5.41) is 5.52. The molecular formula is C22H26N2O4. The summed E-state index contributed by atoms with van der Waals surface area (Å²) in [5.41, 5.74) is 5.38. The van der Waals surface area contributed by atoms with Gasteiger partial charge in [0.25, 0.3) is 5.91 Å². The van der Waals surface area contributed by atoms with Gasteiger partial charge in [0.05, 0.1) is 6.42 Å². The molecule has 0 atom stereocenters. The summed E-state index contributed by atoms with van der Waals surface area (Å²) in [7, 11) is 0. The van der Waals surface area contributed by atoms with Crippen LogP contribution in [-0.2, 0) is 19.1 Å². The van der Waals surface area contributed by atoms with Gasteiger partial charge in [0, 0.05) is 17.8 Å². The Balaban J connectivity index is 1.74. The molecule has 0 unspecified atom stereocenters. The van der Waals surface area contributed by atoms with Crippen molar-refractivity contribution in [2.24, 2.45) is 0 Å². The molecule has 0 aliphatic carbocycles. The Morgan fingerprint density at radius 2 is 1.50 bits per heavy atom. The van der Waals surface area contributed by atoms with E-state index in [2.05, 4.69) is 10.6 Å². The van der Waals surface area contributed by atoms with Crippen LogP contribution in [0.5, 0.6) is 0 Å². The maximum atomic E-state index is 12.1. The molecule has 2 rings (SSSR count). The molecule has 2 aromatic carbocycles. The number of nitrogens with one attached hydrogen (secondary N) is 2. The minimum absolute atomic E-state index is 0.00863. The second-order valence-corrected chi connectivity index (χ2v) is 6.84. The van der Waals surface area contributed by atoms with Gasteiger partial charge in [0.15, 0.2) is 6.61 Å². The predicted molar refractivity (Wildman–Crippen MR) is 109 cm³/mol. The van der Waals surface area contributed by atoms with E-state index in [4.69, 9.17) is 4.74 Å². The van der Waals surface area contributed by atoms with Gasteiger partial charge < -0.3 is 15.4 Å². The van der Waals surface area contributed by atoms with E-state index in [1.807, 2.05) is 64.1 Å². The van der Waals surface area contributed by atoms with E-state index in [1.165, 1.54) is 0 Å². The average molecular weight is 382 g/mol. The largest absolute Gasteiger partial charge is 0.456 e. The van der Waals surface area contributed by atoms with E-state index in [9.17, 15) is 14.4 Å². The summed E-state index contributed by atoms with van der Waals surface area (Å²) in [6.45, 7) is 7.29. The van der Waals surface area contributed by atoms with Gasteiger partial charge >= 0.3 is 5.97 Å². The first kappa shape index (κ1) is 21.2. The Morgan fingerprint density at radius 1 is 0.821 bits per heavy atom. The van der Waals surface area contributed by atoms with E-state index < -0.39 is 11.9 Å².